The molecule has 0 aromatic carbocycles. The van der Waals surface area contributed by atoms with Crippen LogP contribution in [0.15, 0.2) is 0 Å². The molecule has 0 bridgehead atoms. The second-order valence-electron chi connectivity index (χ2n) is 6.78. The Morgan fingerprint density at radius 1 is 0.565 bits per heavy atom. The van der Waals surface area contributed by atoms with Gasteiger partial charge in [-0.3, -0.25) is 9.59 Å². The number of hydrogen-bond acceptors (Lipinski definition) is 2. The van der Waals surface area contributed by atoms with Gasteiger partial charge in [-0.25, -0.2) is 0 Å². The highest BCUT2D eigenvalue weighted by atomic mass is 16.4. The molecule has 0 aliphatic carbocycles. The highest BCUT2D eigenvalue weighted by Gasteiger charge is 2.00. The Kier molecular flexibility index (Phi) is 16.8. The van der Waals surface area contributed by atoms with Crippen molar-refractivity contribution in [1.82, 2.24) is 0 Å². The first-order valence-electron chi connectivity index (χ1n) is 9.90. The van der Waals surface area contributed by atoms with Crippen LogP contribution in [0.2, 0.25) is 0 Å². The summed E-state index contributed by atoms with van der Waals surface area (Å²) in [7, 11) is 0. The van der Waals surface area contributed by atoms with E-state index in [1.165, 1.54) is 64.2 Å². The molecule has 3 heteroatoms. The third kappa shape index (κ3) is 19.1. The quantitative estimate of drug-likeness (QED) is 0.301. The summed E-state index contributed by atoms with van der Waals surface area (Å²) in [6.45, 7) is 2.07. The fourth-order valence-electron chi connectivity index (χ4n) is 2.95. The fourth-order valence-corrected chi connectivity index (χ4v) is 2.95. The van der Waals surface area contributed by atoms with Crippen LogP contribution in [-0.4, -0.2) is 16.9 Å². The lowest BCUT2D eigenvalue weighted by Crippen LogP contribution is -1.96. The highest BCUT2D eigenvalue weighted by molar-refractivity contribution is 5.78. The molecular formula is C20H38O3. The second kappa shape index (κ2) is 17.5. The SMILES string of the molecule is CCCC(=O)CCCCCCCCCCCCCCCC(=O)O. The van der Waals surface area contributed by atoms with E-state index in [0.29, 0.717) is 12.2 Å². The molecule has 3 nitrogen and oxygen atoms in total. The van der Waals surface area contributed by atoms with Gasteiger partial charge in [0.05, 0.1) is 0 Å². The summed E-state index contributed by atoms with van der Waals surface area (Å²) in [6.07, 6.45) is 18.7. The smallest absolute Gasteiger partial charge is 0.303 e. The summed E-state index contributed by atoms with van der Waals surface area (Å²) in [6, 6.07) is 0. The minimum Gasteiger partial charge on any atom is -0.481 e. The van der Waals surface area contributed by atoms with Crippen molar-refractivity contribution in [2.24, 2.45) is 0 Å². The van der Waals surface area contributed by atoms with Gasteiger partial charge in [0.1, 0.15) is 5.78 Å². The van der Waals surface area contributed by atoms with Crippen LogP contribution in [-0.2, 0) is 9.59 Å². The lowest BCUT2D eigenvalue weighted by Gasteiger charge is -2.03. The molecule has 0 aliphatic rings. The van der Waals surface area contributed by atoms with Crippen LogP contribution in [0.4, 0.5) is 0 Å². The first-order valence-corrected chi connectivity index (χ1v) is 9.90. The molecule has 0 saturated heterocycles. The van der Waals surface area contributed by atoms with E-state index < -0.39 is 5.97 Å². The Morgan fingerprint density at radius 3 is 1.26 bits per heavy atom. The van der Waals surface area contributed by atoms with E-state index in [4.69, 9.17) is 5.11 Å². The lowest BCUT2D eigenvalue weighted by atomic mass is 10.0. The van der Waals surface area contributed by atoms with E-state index in [1.807, 2.05) is 0 Å². The van der Waals surface area contributed by atoms with Gasteiger partial charge in [-0.2, -0.15) is 0 Å². The van der Waals surface area contributed by atoms with Gasteiger partial charge in [0.25, 0.3) is 0 Å². The molecular weight excluding hydrogens is 288 g/mol. The van der Waals surface area contributed by atoms with Crippen LogP contribution in [0.3, 0.4) is 0 Å². The molecule has 0 heterocycles. The van der Waals surface area contributed by atoms with Crippen LogP contribution >= 0.6 is 0 Å². The lowest BCUT2D eigenvalue weighted by molar-refractivity contribution is -0.137. The average Bonchev–Trinajstić information content (AvgIpc) is 2.51. The molecule has 0 spiro atoms. The third-order valence-electron chi connectivity index (χ3n) is 4.38. The molecule has 0 amide bonds. The summed E-state index contributed by atoms with van der Waals surface area (Å²) in [4.78, 5) is 21.7. The third-order valence-corrected chi connectivity index (χ3v) is 4.38. The first-order chi connectivity index (χ1) is 11.2. The Labute approximate surface area is 143 Å². The highest BCUT2D eigenvalue weighted by Crippen LogP contribution is 2.13. The predicted octanol–water partition coefficient (Wildman–Crippen LogP) is 6.29. The molecule has 23 heavy (non-hydrogen) atoms. The molecule has 0 aliphatic heterocycles. The minimum atomic E-state index is -0.669. The Morgan fingerprint density at radius 2 is 0.913 bits per heavy atom. The first kappa shape index (κ1) is 22.1. The molecule has 0 radical (unpaired) electrons. The zero-order chi connectivity index (χ0) is 17.2. The summed E-state index contributed by atoms with van der Waals surface area (Å²) >= 11 is 0. The number of Topliss-reactive ketones (excluding diaryl/α,β-unsaturated/α-hetero) is 1. The van der Waals surface area contributed by atoms with Gasteiger partial charge in [-0.05, 0) is 19.3 Å². The van der Waals surface area contributed by atoms with Crippen LogP contribution in [0.25, 0.3) is 0 Å². The molecule has 0 aromatic rings. The maximum atomic E-state index is 11.4. The minimum absolute atomic E-state index is 0.326. The number of ketones is 1. The number of carbonyl (C=O) groups is 2. The second-order valence-corrected chi connectivity index (χ2v) is 6.78. The zero-order valence-electron chi connectivity index (χ0n) is 15.3. The van der Waals surface area contributed by atoms with Crippen LogP contribution in [0.5, 0.6) is 0 Å². The molecule has 1 N–H and O–H groups in total. The van der Waals surface area contributed by atoms with Crippen LogP contribution in [0.1, 0.15) is 116 Å². The van der Waals surface area contributed by atoms with Crippen molar-refractivity contribution in [2.45, 2.75) is 116 Å². The molecule has 0 rings (SSSR count). The number of unbranched alkanes of at least 4 members (excludes halogenated alkanes) is 12. The number of carbonyl (C=O) groups excluding carboxylic acids is 1. The van der Waals surface area contributed by atoms with Gasteiger partial charge in [0.2, 0.25) is 0 Å². The summed E-state index contributed by atoms with van der Waals surface area (Å²) in [5, 5.41) is 8.54. The maximum absolute atomic E-state index is 11.4. The van der Waals surface area contributed by atoms with Crippen LogP contribution < -0.4 is 0 Å². The van der Waals surface area contributed by atoms with E-state index in [0.717, 1.165) is 38.5 Å². The van der Waals surface area contributed by atoms with Crippen molar-refractivity contribution in [3.8, 4) is 0 Å². The molecule has 0 unspecified atom stereocenters. The van der Waals surface area contributed by atoms with Crippen molar-refractivity contribution in [3.63, 3.8) is 0 Å². The van der Waals surface area contributed by atoms with Gasteiger partial charge < -0.3 is 5.11 Å². The van der Waals surface area contributed by atoms with Gasteiger partial charge in [0.15, 0.2) is 0 Å². The molecule has 0 fully saturated rings. The molecule has 0 atom stereocenters. The topological polar surface area (TPSA) is 54.4 Å². The van der Waals surface area contributed by atoms with Crippen molar-refractivity contribution in [1.29, 1.82) is 0 Å². The van der Waals surface area contributed by atoms with Gasteiger partial charge >= 0.3 is 5.97 Å². The predicted molar refractivity (Wildman–Crippen MR) is 96.8 cm³/mol. The summed E-state index contributed by atoms with van der Waals surface area (Å²) in [5.41, 5.74) is 0. The van der Waals surface area contributed by atoms with E-state index in [-0.39, 0.29) is 0 Å². The average molecular weight is 327 g/mol. The molecule has 0 saturated carbocycles. The largest absolute Gasteiger partial charge is 0.481 e. The van der Waals surface area contributed by atoms with Gasteiger partial charge in [0, 0.05) is 19.3 Å². The number of carboxylic acid groups (broad SMARTS) is 1. The monoisotopic (exact) mass is 326 g/mol. The van der Waals surface area contributed by atoms with Crippen molar-refractivity contribution < 1.29 is 14.7 Å². The fraction of sp³-hybridized carbons (Fsp3) is 0.900. The van der Waals surface area contributed by atoms with Crippen LogP contribution in [0, 0.1) is 0 Å². The number of hydrogen-bond donors (Lipinski definition) is 1. The van der Waals surface area contributed by atoms with Gasteiger partial charge in [-0.15, -0.1) is 0 Å². The number of carboxylic acids is 1. The Hall–Kier alpha value is -0.860. The normalized spacial score (nSPS) is 10.8. The maximum Gasteiger partial charge on any atom is 0.303 e. The van der Waals surface area contributed by atoms with E-state index in [1.54, 1.807) is 0 Å². The summed E-state index contributed by atoms with van der Waals surface area (Å²) < 4.78 is 0. The van der Waals surface area contributed by atoms with Crippen molar-refractivity contribution >= 4 is 11.8 Å². The number of rotatable bonds is 18. The molecule has 0 aromatic heterocycles. The van der Waals surface area contributed by atoms with Crippen molar-refractivity contribution in [3.05, 3.63) is 0 Å². The molecule has 136 valence electrons. The van der Waals surface area contributed by atoms with Gasteiger partial charge in [-0.1, -0.05) is 77.6 Å². The standard InChI is InChI=1S/C20H38O3/c1-2-16-19(21)17-14-12-10-8-6-4-3-5-7-9-11-13-15-18-20(22)23/h2-18H2,1H3,(H,22,23). The van der Waals surface area contributed by atoms with E-state index in [9.17, 15) is 9.59 Å². The zero-order valence-corrected chi connectivity index (χ0v) is 15.3. The number of aliphatic carboxylic acids is 1. The van der Waals surface area contributed by atoms with E-state index >= 15 is 0 Å². The van der Waals surface area contributed by atoms with E-state index in [2.05, 4.69) is 6.92 Å². The Bertz CT molecular complexity index is 287. The summed E-state index contributed by atoms with van der Waals surface area (Å²) in [5.74, 6) is -0.229. The Balaban J connectivity index is 3.05. The van der Waals surface area contributed by atoms with Crippen molar-refractivity contribution in [2.75, 3.05) is 0 Å².